The minimum absolute atomic E-state index is 0.00750. The van der Waals surface area contributed by atoms with Crippen LogP contribution in [0, 0.1) is 17.5 Å². The van der Waals surface area contributed by atoms with Gasteiger partial charge in [0.05, 0.1) is 6.61 Å². The third kappa shape index (κ3) is 4.89. The maximum Gasteiger partial charge on any atom is 0.201 e. The van der Waals surface area contributed by atoms with Gasteiger partial charge in [-0.05, 0) is 48.2 Å². The van der Waals surface area contributed by atoms with E-state index in [0.717, 1.165) is 18.4 Å². The van der Waals surface area contributed by atoms with Crippen LogP contribution >= 0.6 is 0 Å². The molecule has 0 saturated carbocycles. The first-order chi connectivity index (χ1) is 14.0. The van der Waals surface area contributed by atoms with Crippen LogP contribution in [0.5, 0.6) is 5.75 Å². The molecular formula is C25H23F3O. The van der Waals surface area contributed by atoms with Crippen LogP contribution in [-0.2, 0) is 6.42 Å². The quantitative estimate of drug-likeness (QED) is 0.381. The number of aryl methyl sites for hydroxylation is 1. The van der Waals surface area contributed by atoms with Gasteiger partial charge in [0.1, 0.15) is 5.82 Å². The number of halogens is 3. The fourth-order valence-corrected chi connectivity index (χ4v) is 3.12. The van der Waals surface area contributed by atoms with Gasteiger partial charge in [0, 0.05) is 11.1 Å². The molecule has 150 valence electrons. The van der Waals surface area contributed by atoms with Crippen molar-refractivity contribution in [1.29, 1.82) is 0 Å². The lowest BCUT2D eigenvalue weighted by Gasteiger charge is -2.10. The van der Waals surface area contributed by atoms with Crippen LogP contribution in [0.15, 0.2) is 54.6 Å². The molecule has 3 aromatic carbocycles. The van der Waals surface area contributed by atoms with Crippen LogP contribution in [0.25, 0.3) is 23.3 Å². The molecule has 0 amide bonds. The van der Waals surface area contributed by atoms with Crippen molar-refractivity contribution in [3.63, 3.8) is 0 Å². The minimum atomic E-state index is -1.07. The molecule has 0 aliphatic rings. The third-order valence-electron chi connectivity index (χ3n) is 4.63. The van der Waals surface area contributed by atoms with E-state index in [1.165, 1.54) is 23.8 Å². The zero-order valence-corrected chi connectivity index (χ0v) is 16.5. The van der Waals surface area contributed by atoms with Crippen LogP contribution in [-0.4, -0.2) is 6.61 Å². The molecule has 1 nitrogen and oxygen atoms in total. The smallest absolute Gasteiger partial charge is 0.201 e. The summed E-state index contributed by atoms with van der Waals surface area (Å²) in [6, 6.07) is 15.2. The zero-order valence-electron chi connectivity index (χ0n) is 16.5. The monoisotopic (exact) mass is 396 g/mol. The summed E-state index contributed by atoms with van der Waals surface area (Å²) < 4.78 is 48.1. The summed E-state index contributed by atoms with van der Waals surface area (Å²) in [5, 5.41) is 0. The van der Waals surface area contributed by atoms with Gasteiger partial charge in [-0.2, -0.15) is 4.39 Å². The second kappa shape index (κ2) is 9.46. The third-order valence-corrected chi connectivity index (χ3v) is 4.63. The summed E-state index contributed by atoms with van der Waals surface area (Å²) in [4.78, 5) is 0. The molecule has 0 heterocycles. The molecule has 0 unspecified atom stereocenters. The van der Waals surface area contributed by atoms with Crippen LogP contribution < -0.4 is 4.74 Å². The number of benzene rings is 3. The summed E-state index contributed by atoms with van der Waals surface area (Å²) in [5.74, 6) is -2.78. The SMILES string of the molecule is CCCc1ccc(/C=C/c2ccc(-c3ccc(OCC)c(F)c3F)cc2F)cc1. The Labute approximate surface area is 169 Å². The molecule has 0 radical (unpaired) electrons. The Morgan fingerprint density at radius 3 is 2.24 bits per heavy atom. The first-order valence-corrected chi connectivity index (χ1v) is 9.71. The van der Waals surface area contributed by atoms with Crippen molar-refractivity contribution in [1.82, 2.24) is 0 Å². The van der Waals surface area contributed by atoms with Crippen LogP contribution in [0.1, 0.15) is 37.0 Å². The molecule has 0 saturated heterocycles. The van der Waals surface area contributed by atoms with Gasteiger partial charge in [0.25, 0.3) is 0 Å². The van der Waals surface area contributed by atoms with E-state index in [1.807, 2.05) is 18.2 Å². The van der Waals surface area contributed by atoms with Gasteiger partial charge in [-0.15, -0.1) is 0 Å². The van der Waals surface area contributed by atoms with E-state index < -0.39 is 17.5 Å². The molecule has 4 heteroatoms. The van der Waals surface area contributed by atoms with Gasteiger partial charge < -0.3 is 4.74 Å². The molecule has 0 fully saturated rings. The lowest BCUT2D eigenvalue weighted by atomic mass is 10.0. The fourth-order valence-electron chi connectivity index (χ4n) is 3.12. The van der Waals surface area contributed by atoms with Crippen LogP contribution in [0.4, 0.5) is 13.2 Å². The Morgan fingerprint density at radius 2 is 1.59 bits per heavy atom. The van der Waals surface area contributed by atoms with E-state index >= 15 is 0 Å². The maximum absolute atomic E-state index is 14.5. The maximum atomic E-state index is 14.5. The number of ether oxygens (including phenoxy) is 1. The van der Waals surface area contributed by atoms with E-state index in [0.29, 0.717) is 5.56 Å². The Kier molecular flexibility index (Phi) is 6.76. The largest absolute Gasteiger partial charge is 0.491 e. The summed E-state index contributed by atoms with van der Waals surface area (Å²) in [7, 11) is 0. The van der Waals surface area contributed by atoms with Gasteiger partial charge in [0.15, 0.2) is 11.6 Å². The number of rotatable bonds is 7. The Balaban J connectivity index is 1.82. The predicted molar refractivity (Wildman–Crippen MR) is 112 cm³/mol. The first-order valence-electron chi connectivity index (χ1n) is 9.71. The van der Waals surface area contributed by atoms with Gasteiger partial charge in [-0.1, -0.05) is 61.9 Å². The predicted octanol–water partition coefficient (Wildman–Crippen LogP) is 7.29. The second-order valence-electron chi connectivity index (χ2n) is 6.73. The first kappa shape index (κ1) is 20.7. The Morgan fingerprint density at radius 1 is 0.828 bits per heavy atom. The highest BCUT2D eigenvalue weighted by molar-refractivity contribution is 5.73. The van der Waals surface area contributed by atoms with E-state index in [2.05, 4.69) is 19.1 Å². The normalized spacial score (nSPS) is 11.2. The molecule has 0 aliphatic carbocycles. The van der Waals surface area contributed by atoms with E-state index in [4.69, 9.17) is 4.74 Å². The highest BCUT2D eigenvalue weighted by Gasteiger charge is 2.16. The summed E-state index contributed by atoms with van der Waals surface area (Å²) in [5.41, 5.74) is 2.87. The molecule has 3 rings (SSSR count). The molecule has 0 bridgehead atoms. The van der Waals surface area contributed by atoms with Crippen molar-refractivity contribution in [2.45, 2.75) is 26.7 Å². The molecule has 0 aliphatic heterocycles. The lowest BCUT2D eigenvalue weighted by Crippen LogP contribution is -1.98. The van der Waals surface area contributed by atoms with Crippen molar-refractivity contribution in [3.8, 4) is 16.9 Å². The molecule has 0 atom stereocenters. The summed E-state index contributed by atoms with van der Waals surface area (Å²) in [6.45, 7) is 4.05. The topological polar surface area (TPSA) is 9.23 Å². The van der Waals surface area contributed by atoms with Crippen LogP contribution in [0.2, 0.25) is 0 Å². The standard InChI is InChI=1S/C25H23F3O/c1-3-5-17-6-8-18(9-7-17)10-11-19-12-13-20(16-22(19)26)21-14-15-23(29-4-2)25(28)24(21)27/h6-16H,3-5H2,1-2H3/b11-10+. The van der Waals surface area contributed by atoms with Crippen molar-refractivity contribution in [2.24, 2.45) is 0 Å². The van der Waals surface area contributed by atoms with Gasteiger partial charge in [0.2, 0.25) is 5.82 Å². The van der Waals surface area contributed by atoms with Crippen LogP contribution in [0.3, 0.4) is 0 Å². The van der Waals surface area contributed by atoms with Crippen molar-refractivity contribution in [2.75, 3.05) is 6.61 Å². The highest BCUT2D eigenvalue weighted by Crippen LogP contribution is 2.31. The van der Waals surface area contributed by atoms with Gasteiger partial charge in [-0.25, -0.2) is 8.78 Å². The highest BCUT2D eigenvalue weighted by atomic mass is 19.2. The molecule has 0 N–H and O–H groups in total. The summed E-state index contributed by atoms with van der Waals surface area (Å²) in [6.07, 6.45) is 5.61. The lowest BCUT2D eigenvalue weighted by molar-refractivity contribution is 0.314. The Bertz CT molecular complexity index is 1010. The van der Waals surface area contributed by atoms with Crippen molar-refractivity contribution in [3.05, 3.63) is 88.7 Å². The molecule has 0 aromatic heterocycles. The zero-order chi connectivity index (χ0) is 20.8. The van der Waals surface area contributed by atoms with Crippen molar-refractivity contribution < 1.29 is 17.9 Å². The number of hydrogen-bond donors (Lipinski definition) is 0. The van der Waals surface area contributed by atoms with Gasteiger partial charge in [-0.3, -0.25) is 0 Å². The molecule has 29 heavy (non-hydrogen) atoms. The average Bonchev–Trinajstić information content (AvgIpc) is 2.72. The molecule has 3 aromatic rings. The minimum Gasteiger partial charge on any atom is -0.491 e. The Hall–Kier alpha value is -3.01. The second-order valence-corrected chi connectivity index (χ2v) is 6.73. The van der Waals surface area contributed by atoms with E-state index in [1.54, 1.807) is 25.1 Å². The van der Waals surface area contributed by atoms with E-state index in [-0.39, 0.29) is 23.5 Å². The average molecular weight is 396 g/mol. The summed E-state index contributed by atoms with van der Waals surface area (Å²) >= 11 is 0. The van der Waals surface area contributed by atoms with Crippen molar-refractivity contribution >= 4 is 12.2 Å². The van der Waals surface area contributed by atoms with E-state index in [9.17, 15) is 13.2 Å². The fraction of sp³-hybridized carbons (Fsp3) is 0.200. The molecular weight excluding hydrogens is 373 g/mol. The van der Waals surface area contributed by atoms with Gasteiger partial charge >= 0.3 is 0 Å². The molecule has 0 spiro atoms. The number of hydrogen-bond acceptors (Lipinski definition) is 1.